The maximum atomic E-state index is 13.3. The zero-order valence-electron chi connectivity index (χ0n) is 11.3. The van der Waals surface area contributed by atoms with E-state index in [0.717, 1.165) is 0 Å². The van der Waals surface area contributed by atoms with Crippen molar-refractivity contribution in [3.63, 3.8) is 0 Å². The van der Waals surface area contributed by atoms with E-state index in [1.807, 2.05) is 20.8 Å². The second kappa shape index (κ2) is 5.17. The molecular formula is C15H21FO2. The molecule has 18 heavy (non-hydrogen) atoms. The highest BCUT2D eigenvalue weighted by atomic mass is 19.1. The lowest BCUT2D eigenvalue weighted by Gasteiger charge is -2.27. The maximum absolute atomic E-state index is 13.3. The van der Waals surface area contributed by atoms with Gasteiger partial charge in [-0.05, 0) is 51.7 Å². The summed E-state index contributed by atoms with van der Waals surface area (Å²) in [4.78, 5) is 0. The average Bonchev–Trinajstić information content (AvgIpc) is 2.18. The highest BCUT2D eigenvalue weighted by molar-refractivity contribution is 5.40. The number of benzene rings is 1. The maximum Gasteiger partial charge on any atom is 0.164 e. The zero-order valence-corrected chi connectivity index (χ0v) is 11.3. The molecule has 1 saturated carbocycles. The molecule has 0 radical (unpaired) electrons. The van der Waals surface area contributed by atoms with E-state index in [9.17, 15) is 4.39 Å². The molecule has 3 heteroatoms. The van der Waals surface area contributed by atoms with Crippen LogP contribution in [0.25, 0.3) is 0 Å². The van der Waals surface area contributed by atoms with Gasteiger partial charge in [-0.2, -0.15) is 0 Å². The molecule has 0 saturated heterocycles. The summed E-state index contributed by atoms with van der Waals surface area (Å²) in [5, 5.41) is 0. The zero-order chi connectivity index (χ0) is 13.2. The number of hydrogen-bond donors (Lipinski definition) is 0. The third-order valence-electron chi connectivity index (χ3n) is 3.02. The second-order valence-electron chi connectivity index (χ2n) is 5.91. The van der Waals surface area contributed by atoms with Crippen molar-refractivity contribution in [3.05, 3.63) is 24.0 Å². The highest BCUT2D eigenvalue weighted by Gasteiger charge is 2.20. The molecule has 1 aliphatic carbocycles. The van der Waals surface area contributed by atoms with Crippen LogP contribution in [0.3, 0.4) is 0 Å². The van der Waals surface area contributed by atoms with Crippen molar-refractivity contribution in [2.45, 2.75) is 45.6 Å². The van der Waals surface area contributed by atoms with Gasteiger partial charge in [-0.3, -0.25) is 0 Å². The average molecular weight is 252 g/mol. The number of ether oxygens (including phenoxy) is 2. The smallest absolute Gasteiger partial charge is 0.164 e. The fraction of sp³-hybridized carbons (Fsp3) is 0.600. The molecule has 2 nitrogen and oxygen atoms in total. The molecule has 0 aromatic heterocycles. The molecule has 0 aliphatic heterocycles. The van der Waals surface area contributed by atoms with Gasteiger partial charge in [0.15, 0.2) is 11.5 Å². The first-order valence-electron chi connectivity index (χ1n) is 6.55. The Hall–Kier alpha value is -1.25. The molecule has 100 valence electrons. The van der Waals surface area contributed by atoms with Crippen molar-refractivity contribution in [1.82, 2.24) is 0 Å². The van der Waals surface area contributed by atoms with E-state index in [1.165, 1.54) is 31.4 Å². The quantitative estimate of drug-likeness (QED) is 0.800. The number of rotatable bonds is 4. The Balaban J connectivity index is 2.07. The molecule has 0 heterocycles. The van der Waals surface area contributed by atoms with Crippen LogP contribution in [-0.4, -0.2) is 12.2 Å². The lowest BCUT2D eigenvalue weighted by atomic mass is 9.86. The Labute approximate surface area is 108 Å². The normalized spacial score (nSPS) is 16.2. The molecule has 0 unspecified atom stereocenters. The molecule has 0 spiro atoms. The Morgan fingerprint density at radius 1 is 1.22 bits per heavy atom. The van der Waals surface area contributed by atoms with E-state index < -0.39 is 0 Å². The fourth-order valence-electron chi connectivity index (χ4n) is 1.88. The lowest BCUT2D eigenvalue weighted by Crippen LogP contribution is -2.24. The summed E-state index contributed by atoms with van der Waals surface area (Å²) in [6.07, 6.45) is 3.71. The minimum atomic E-state index is -0.313. The van der Waals surface area contributed by atoms with Gasteiger partial charge in [0.25, 0.3) is 0 Å². The van der Waals surface area contributed by atoms with Crippen molar-refractivity contribution in [1.29, 1.82) is 0 Å². The predicted octanol–water partition coefficient (Wildman–Crippen LogP) is 4.18. The Bertz CT molecular complexity index is 405. The summed E-state index contributed by atoms with van der Waals surface area (Å²) < 4.78 is 24.7. The molecular weight excluding hydrogens is 231 g/mol. The fourth-order valence-corrected chi connectivity index (χ4v) is 1.88. The van der Waals surface area contributed by atoms with Crippen molar-refractivity contribution in [2.75, 3.05) is 6.61 Å². The van der Waals surface area contributed by atoms with Crippen LogP contribution in [-0.2, 0) is 0 Å². The van der Waals surface area contributed by atoms with Gasteiger partial charge in [0.2, 0.25) is 0 Å². The van der Waals surface area contributed by atoms with Crippen LogP contribution in [0.5, 0.6) is 11.5 Å². The second-order valence-corrected chi connectivity index (χ2v) is 5.91. The van der Waals surface area contributed by atoms with Crippen LogP contribution in [0.15, 0.2) is 18.2 Å². The van der Waals surface area contributed by atoms with Crippen molar-refractivity contribution >= 4 is 0 Å². The first-order chi connectivity index (χ1) is 8.44. The van der Waals surface area contributed by atoms with Gasteiger partial charge in [0, 0.05) is 6.07 Å². The standard InChI is InChI=1S/C15H21FO2/c1-15(2,3)18-13-8-7-12(16)9-14(13)17-10-11-5-4-6-11/h7-9,11H,4-6,10H2,1-3H3. The van der Waals surface area contributed by atoms with Crippen LogP contribution in [0, 0.1) is 11.7 Å². The van der Waals surface area contributed by atoms with Crippen LogP contribution in [0.4, 0.5) is 4.39 Å². The number of hydrogen-bond acceptors (Lipinski definition) is 2. The van der Waals surface area contributed by atoms with E-state index in [4.69, 9.17) is 9.47 Å². The van der Waals surface area contributed by atoms with Crippen LogP contribution < -0.4 is 9.47 Å². The SMILES string of the molecule is CC(C)(C)Oc1ccc(F)cc1OCC1CCC1. The van der Waals surface area contributed by atoms with E-state index in [2.05, 4.69) is 0 Å². The molecule has 1 fully saturated rings. The largest absolute Gasteiger partial charge is 0.489 e. The third-order valence-corrected chi connectivity index (χ3v) is 3.02. The summed E-state index contributed by atoms with van der Waals surface area (Å²) >= 11 is 0. The summed E-state index contributed by atoms with van der Waals surface area (Å²) in [5.74, 6) is 1.45. The first-order valence-corrected chi connectivity index (χ1v) is 6.55. The summed E-state index contributed by atoms with van der Waals surface area (Å²) in [5.41, 5.74) is -0.313. The van der Waals surface area contributed by atoms with Crippen LogP contribution in [0.2, 0.25) is 0 Å². The first kappa shape index (κ1) is 13.2. The van der Waals surface area contributed by atoms with E-state index >= 15 is 0 Å². The van der Waals surface area contributed by atoms with Gasteiger partial charge >= 0.3 is 0 Å². The molecule has 1 aromatic rings. The summed E-state index contributed by atoms with van der Waals surface area (Å²) in [7, 11) is 0. The monoisotopic (exact) mass is 252 g/mol. The third kappa shape index (κ3) is 3.62. The van der Waals surface area contributed by atoms with Gasteiger partial charge in [-0.15, -0.1) is 0 Å². The summed E-state index contributed by atoms with van der Waals surface area (Å²) in [6.45, 7) is 6.55. The minimum Gasteiger partial charge on any atom is -0.489 e. The summed E-state index contributed by atoms with van der Waals surface area (Å²) in [6, 6.07) is 4.44. The van der Waals surface area contributed by atoms with Gasteiger partial charge in [0.05, 0.1) is 6.61 Å². The van der Waals surface area contributed by atoms with Gasteiger partial charge in [0.1, 0.15) is 11.4 Å². The molecule has 2 rings (SSSR count). The van der Waals surface area contributed by atoms with Crippen molar-refractivity contribution in [3.8, 4) is 11.5 Å². The highest BCUT2D eigenvalue weighted by Crippen LogP contribution is 2.33. The molecule has 0 atom stereocenters. The van der Waals surface area contributed by atoms with E-state index in [0.29, 0.717) is 24.0 Å². The lowest BCUT2D eigenvalue weighted by molar-refractivity contribution is 0.116. The van der Waals surface area contributed by atoms with Gasteiger partial charge < -0.3 is 9.47 Å². The van der Waals surface area contributed by atoms with Gasteiger partial charge in [-0.25, -0.2) is 4.39 Å². The van der Waals surface area contributed by atoms with Crippen molar-refractivity contribution in [2.24, 2.45) is 5.92 Å². The van der Waals surface area contributed by atoms with E-state index in [1.54, 1.807) is 6.07 Å². The van der Waals surface area contributed by atoms with Crippen molar-refractivity contribution < 1.29 is 13.9 Å². The minimum absolute atomic E-state index is 0.292. The number of halogens is 1. The molecule has 0 N–H and O–H groups in total. The van der Waals surface area contributed by atoms with Gasteiger partial charge in [-0.1, -0.05) is 6.42 Å². The molecule has 1 aliphatic rings. The molecule has 0 amide bonds. The van der Waals surface area contributed by atoms with Crippen LogP contribution >= 0.6 is 0 Å². The topological polar surface area (TPSA) is 18.5 Å². The Morgan fingerprint density at radius 3 is 2.50 bits per heavy atom. The Kier molecular flexibility index (Phi) is 3.79. The molecule has 0 bridgehead atoms. The Morgan fingerprint density at radius 2 is 1.94 bits per heavy atom. The predicted molar refractivity (Wildman–Crippen MR) is 69.6 cm³/mol. The molecule has 1 aromatic carbocycles. The van der Waals surface area contributed by atoms with Crippen LogP contribution in [0.1, 0.15) is 40.0 Å². The van der Waals surface area contributed by atoms with E-state index in [-0.39, 0.29) is 11.4 Å².